The van der Waals surface area contributed by atoms with Crippen molar-refractivity contribution in [1.29, 1.82) is 0 Å². The Morgan fingerprint density at radius 2 is 2.00 bits per heavy atom. The van der Waals surface area contributed by atoms with Gasteiger partial charge in [0.15, 0.2) is 0 Å². The van der Waals surface area contributed by atoms with E-state index in [4.69, 9.17) is 11.2 Å². The standard InChI is InChI=1S/C31H51NO2/c1-7-9-10-12-23(3)27-14-11-13-24-15-16-25-22-26(34-29(33)32-21-8-2)17-20-31(25,6)28(24)18-19-30(27,4)5/h2,16,23-24,26-28H,7,9-15,17-22H2,1,3-6H3,(H,32,33). The first kappa shape index (κ1) is 27.2. The van der Waals surface area contributed by atoms with E-state index in [1.54, 1.807) is 5.57 Å². The monoisotopic (exact) mass is 469 g/mol. The molecule has 34 heavy (non-hydrogen) atoms. The highest BCUT2D eigenvalue weighted by Crippen LogP contribution is 2.57. The van der Waals surface area contributed by atoms with E-state index in [0.29, 0.717) is 5.41 Å². The number of amides is 1. The third-order valence-electron chi connectivity index (χ3n) is 9.97. The number of fused-ring (bicyclic) bond motifs is 3. The minimum atomic E-state index is -0.371. The zero-order chi connectivity index (χ0) is 24.8. The van der Waals surface area contributed by atoms with Gasteiger partial charge >= 0.3 is 6.09 Å². The molecule has 0 aromatic heterocycles. The molecule has 0 radical (unpaired) electrons. The van der Waals surface area contributed by atoms with Crippen LogP contribution in [0.1, 0.15) is 118 Å². The van der Waals surface area contributed by atoms with Crippen molar-refractivity contribution in [2.24, 2.45) is 34.5 Å². The van der Waals surface area contributed by atoms with Crippen LogP contribution in [0.3, 0.4) is 0 Å². The van der Waals surface area contributed by atoms with Gasteiger partial charge in [-0.2, -0.15) is 0 Å². The fraction of sp³-hybridized carbons (Fsp3) is 0.839. The van der Waals surface area contributed by atoms with Crippen molar-refractivity contribution < 1.29 is 9.53 Å². The lowest BCUT2D eigenvalue weighted by Crippen LogP contribution is -2.44. The molecular formula is C31H51NO2. The molecule has 6 atom stereocenters. The molecule has 0 aromatic rings. The van der Waals surface area contributed by atoms with Crippen LogP contribution in [-0.4, -0.2) is 18.7 Å². The largest absolute Gasteiger partial charge is 0.446 e. The third-order valence-corrected chi connectivity index (χ3v) is 9.97. The fourth-order valence-electron chi connectivity index (χ4n) is 7.89. The van der Waals surface area contributed by atoms with E-state index in [0.717, 1.165) is 42.9 Å². The molecule has 0 saturated heterocycles. The summed E-state index contributed by atoms with van der Waals surface area (Å²) in [5, 5.41) is 2.65. The number of carbonyl (C=O) groups is 1. The first-order valence-electron chi connectivity index (χ1n) is 14.3. The number of ether oxygens (including phenoxy) is 1. The van der Waals surface area contributed by atoms with Gasteiger partial charge in [-0.05, 0) is 79.4 Å². The molecule has 192 valence electrons. The van der Waals surface area contributed by atoms with Gasteiger partial charge in [0.1, 0.15) is 6.10 Å². The lowest BCUT2D eigenvalue weighted by atomic mass is 9.54. The minimum Gasteiger partial charge on any atom is -0.446 e. The van der Waals surface area contributed by atoms with Crippen molar-refractivity contribution in [2.75, 3.05) is 6.54 Å². The third kappa shape index (κ3) is 6.41. The van der Waals surface area contributed by atoms with Crippen LogP contribution in [0.4, 0.5) is 4.79 Å². The number of hydrogen-bond acceptors (Lipinski definition) is 2. The maximum absolute atomic E-state index is 12.1. The Hall–Kier alpha value is -1.43. The molecule has 3 aliphatic rings. The van der Waals surface area contributed by atoms with Gasteiger partial charge in [-0.15, -0.1) is 6.42 Å². The smallest absolute Gasteiger partial charge is 0.408 e. The minimum absolute atomic E-state index is 0.0187. The van der Waals surface area contributed by atoms with Gasteiger partial charge in [0.05, 0.1) is 6.54 Å². The van der Waals surface area contributed by atoms with Crippen molar-refractivity contribution >= 4 is 6.09 Å². The number of rotatable bonds is 7. The molecule has 3 rings (SSSR count). The van der Waals surface area contributed by atoms with E-state index in [1.807, 2.05) is 0 Å². The SMILES string of the molecule is C#CCNC(=O)OC1CCC2(C)C(=CCC3CCCC(C(C)CCCCC)C(C)(C)CCC32)C1. The van der Waals surface area contributed by atoms with E-state index < -0.39 is 0 Å². The van der Waals surface area contributed by atoms with Crippen LogP contribution in [0.2, 0.25) is 0 Å². The van der Waals surface area contributed by atoms with Crippen LogP contribution in [0, 0.1) is 46.8 Å². The lowest BCUT2D eigenvalue weighted by Gasteiger charge is -2.51. The summed E-state index contributed by atoms with van der Waals surface area (Å²) in [4.78, 5) is 12.1. The fourth-order valence-corrected chi connectivity index (χ4v) is 7.89. The highest BCUT2D eigenvalue weighted by molar-refractivity contribution is 5.67. The molecule has 0 aromatic carbocycles. The highest BCUT2D eigenvalue weighted by atomic mass is 16.6. The van der Waals surface area contributed by atoms with Gasteiger partial charge in [0.2, 0.25) is 0 Å². The second-order valence-electron chi connectivity index (χ2n) is 12.6. The van der Waals surface area contributed by atoms with Crippen LogP contribution >= 0.6 is 0 Å². The van der Waals surface area contributed by atoms with Crippen molar-refractivity contribution in [3.63, 3.8) is 0 Å². The molecule has 3 nitrogen and oxygen atoms in total. The molecule has 3 heteroatoms. The first-order valence-corrected chi connectivity index (χ1v) is 14.3. The number of carbonyl (C=O) groups excluding carboxylic acids is 1. The van der Waals surface area contributed by atoms with Crippen molar-refractivity contribution in [3.8, 4) is 12.3 Å². The van der Waals surface area contributed by atoms with E-state index in [-0.39, 0.29) is 24.2 Å². The van der Waals surface area contributed by atoms with Gasteiger partial charge < -0.3 is 10.1 Å². The van der Waals surface area contributed by atoms with Crippen molar-refractivity contribution in [1.82, 2.24) is 5.32 Å². The molecule has 6 unspecified atom stereocenters. The van der Waals surface area contributed by atoms with Crippen LogP contribution in [0.5, 0.6) is 0 Å². The van der Waals surface area contributed by atoms with E-state index in [2.05, 4.69) is 51.9 Å². The Kier molecular flexibility index (Phi) is 9.59. The predicted molar refractivity (Wildman–Crippen MR) is 142 cm³/mol. The maximum Gasteiger partial charge on any atom is 0.408 e. The molecule has 2 fully saturated rings. The van der Waals surface area contributed by atoms with Crippen molar-refractivity contribution in [3.05, 3.63) is 11.6 Å². The zero-order valence-corrected chi connectivity index (χ0v) is 22.8. The molecule has 3 aliphatic carbocycles. The van der Waals surface area contributed by atoms with Crippen LogP contribution in [-0.2, 0) is 4.74 Å². The summed E-state index contributed by atoms with van der Waals surface area (Å²) in [7, 11) is 0. The van der Waals surface area contributed by atoms with Gasteiger partial charge in [-0.3, -0.25) is 0 Å². The Balaban J connectivity index is 1.68. The van der Waals surface area contributed by atoms with E-state index in [9.17, 15) is 4.79 Å². The number of terminal acetylenes is 1. The summed E-state index contributed by atoms with van der Waals surface area (Å²) in [6.07, 6.45) is 23.9. The predicted octanol–water partition coefficient (Wildman–Crippen LogP) is 8.29. The Morgan fingerprint density at radius 1 is 1.21 bits per heavy atom. The Morgan fingerprint density at radius 3 is 2.74 bits per heavy atom. The molecule has 0 aliphatic heterocycles. The number of unbranched alkanes of at least 4 members (excludes halogenated alkanes) is 2. The van der Waals surface area contributed by atoms with Crippen molar-refractivity contribution in [2.45, 2.75) is 124 Å². The lowest BCUT2D eigenvalue weighted by molar-refractivity contribution is 0.0254. The topological polar surface area (TPSA) is 38.3 Å². The molecular weight excluding hydrogens is 418 g/mol. The summed E-state index contributed by atoms with van der Waals surface area (Å²) < 4.78 is 5.72. The molecule has 1 amide bonds. The Labute approximate surface area is 210 Å². The average Bonchev–Trinajstić information content (AvgIpc) is 2.85. The number of hydrogen-bond donors (Lipinski definition) is 1. The number of alkyl carbamates (subject to hydrolysis) is 1. The Bertz CT molecular complexity index is 747. The summed E-state index contributed by atoms with van der Waals surface area (Å²) in [5.41, 5.74) is 2.23. The van der Waals surface area contributed by atoms with Gasteiger partial charge in [-0.1, -0.05) is 84.3 Å². The maximum atomic E-state index is 12.1. The average molecular weight is 470 g/mol. The zero-order valence-electron chi connectivity index (χ0n) is 22.8. The molecule has 0 heterocycles. The van der Waals surface area contributed by atoms with Gasteiger partial charge in [-0.25, -0.2) is 4.79 Å². The van der Waals surface area contributed by atoms with Crippen LogP contribution < -0.4 is 5.32 Å². The quantitative estimate of drug-likeness (QED) is 0.231. The van der Waals surface area contributed by atoms with E-state index in [1.165, 1.54) is 64.2 Å². The normalized spacial score (nSPS) is 34.1. The second kappa shape index (κ2) is 12.0. The number of allylic oxidation sites excluding steroid dienone is 1. The molecule has 2 saturated carbocycles. The van der Waals surface area contributed by atoms with E-state index >= 15 is 0 Å². The highest BCUT2D eigenvalue weighted by Gasteiger charge is 2.48. The summed E-state index contributed by atoms with van der Waals surface area (Å²) in [6, 6.07) is 0. The molecule has 0 spiro atoms. The van der Waals surface area contributed by atoms with Gasteiger partial charge in [0, 0.05) is 6.42 Å². The molecule has 1 N–H and O–H groups in total. The summed E-state index contributed by atoms with van der Waals surface area (Å²) in [6.45, 7) is 12.7. The molecule has 0 bridgehead atoms. The number of nitrogens with one attached hydrogen (secondary N) is 1. The van der Waals surface area contributed by atoms with Crippen LogP contribution in [0.25, 0.3) is 0 Å². The van der Waals surface area contributed by atoms with Gasteiger partial charge in [0.25, 0.3) is 0 Å². The summed E-state index contributed by atoms with van der Waals surface area (Å²) in [5.74, 6) is 5.69. The summed E-state index contributed by atoms with van der Waals surface area (Å²) >= 11 is 0. The van der Waals surface area contributed by atoms with Crippen LogP contribution in [0.15, 0.2) is 11.6 Å². The first-order chi connectivity index (χ1) is 16.2. The second-order valence-corrected chi connectivity index (χ2v) is 12.6.